The molecule has 2 aromatic carbocycles. The number of hydrogen-bond donors (Lipinski definition) is 1. The highest BCUT2D eigenvalue weighted by atomic mass is 32.2. The Morgan fingerprint density at radius 3 is 2.18 bits per heavy atom. The Morgan fingerprint density at radius 1 is 1.06 bits per heavy atom. The Balaban J connectivity index is 2.69. The van der Waals surface area contributed by atoms with Crippen molar-refractivity contribution in [1.82, 2.24) is 0 Å². The van der Waals surface area contributed by atoms with Crippen LogP contribution in [-0.4, -0.2) is 47.7 Å². The maximum Gasteiger partial charge on any atom is 0.416 e. The van der Waals surface area contributed by atoms with Crippen LogP contribution in [0.1, 0.15) is 39.4 Å². The van der Waals surface area contributed by atoms with Gasteiger partial charge in [-0.15, -0.1) is 0 Å². The van der Waals surface area contributed by atoms with E-state index in [1.807, 2.05) is 0 Å². The molecule has 2 N–H and O–H groups in total. The predicted octanol–water partition coefficient (Wildman–Crippen LogP) is 3.59. The van der Waals surface area contributed by atoms with Crippen LogP contribution in [0.2, 0.25) is 0 Å². The van der Waals surface area contributed by atoms with Crippen molar-refractivity contribution in [3.05, 3.63) is 52.6 Å². The molecule has 0 radical (unpaired) electrons. The number of ether oxygens (including phenoxy) is 3. The van der Waals surface area contributed by atoms with Gasteiger partial charge in [0.2, 0.25) is 11.7 Å². The maximum atomic E-state index is 13.3. The number of carbonyl (C=O) groups excluding carboxylic acids is 1. The van der Waals surface area contributed by atoms with Crippen molar-refractivity contribution in [1.29, 1.82) is 0 Å². The van der Waals surface area contributed by atoms with Crippen molar-refractivity contribution < 1.29 is 40.6 Å². The Morgan fingerprint density at radius 2 is 1.70 bits per heavy atom. The molecule has 0 aromatic heterocycles. The summed E-state index contributed by atoms with van der Waals surface area (Å²) in [5.41, 5.74) is 5.26. The fourth-order valence-corrected chi connectivity index (χ4v) is 4.31. The van der Waals surface area contributed by atoms with Gasteiger partial charge in [0.05, 0.1) is 32.6 Å². The molecule has 0 aliphatic heterocycles. The zero-order valence-electron chi connectivity index (χ0n) is 18.7. The lowest BCUT2D eigenvalue weighted by Crippen LogP contribution is -2.18. The highest BCUT2D eigenvalue weighted by Crippen LogP contribution is 2.44. The lowest BCUT2D eigenvalue weighted by molar-refractivity contribution is -0.137. The van der Waals surface area contributed by atoms with Gasteiger partial charge in [-0.3, -0.25) is 4.79 Å². The number of benzene rings is 2. The molecule has 2 rings (SSSR count). The second-order valence-electron chi connectivity index (χ2n) is 7.48. The van der Waals surface area contributed by atoms with Crippen molar-refractivity contribution in [3.8, 4) is 17.2 Å². The molecule has 0 bridgehead atoms. The third-order valence-corrected chi connectivity index (χ3v) is 6.15. The molecule has 2 aromatic rings. The molecule has 1 atom stereocenters. The summed E-state index contributed by atoms with van der Waals surface area (Å²) in [5.74, 6) is -1.30. The second kappa shape index (κ2) is 10.3. The summed E-state index contributed by atoms with van der Waals surface area (Å²) in [4.78, 5) is 12.2. The maximum absolute atomic E-state index is 13.3. The smallest absolute Gasteiger partial charge is 0.416 e. The van der Waals surface area contributed by atoms with Crippen molar-refractivity contribution in [2.75, 3.05) is 33.3 Å². The first-order valence-electron chi connectivity index (χ1n) is 9.78. The minimum absolute atomic E-state index is 0.00977. The largest absolute Gasteiger partial charge is 0.493 e. The monoisotopic (exact) mass is 489 g/mol. The SMILES string of the molecule is COc1cc(C(N)=O)c(CC(CCS(C)(=O)=O)c2cccc(C(F)(F)F)c2)c(OC)c1OC. The van der Waals surface area contributed by atoms with Crippen LogP contribution in [0, 0.1) is 0 Å². The van der Waals surface area contributed by atoms with Crippen molar-refractivity contribution in [2.24, 2.45) is 5.73 Å². The highest BCUT2D eigenvalue weighted by molar-refractivity contribution is 7.90. The van der Waals surface area contributed by atoms with E-state index in [1.54, 1.807) is 0 Å². The number of halogens is 3. The van der Waals surface area contributed by atoms with E-state index in [0.29, 0.717) is 0 Å². The molecule has 7 nitrogen and oxygen atoms in total. The summed E-state index contributed by atoms with van der Waals surface area (Å²) >= 11 is 0. The Labute approximate surface area is 190 Å². The van der Waals surface area contributed by atoms with Crippen LogP contribution in [0.25, 0.3) is 0 Å². The summed E-state index contributed by atoms with van der Waals surface area (Å²) in [6, 6.07) is 6.01. The summed E-state index contributed by atoms with van der Waals surface area (Å²) in [6.07, 6.45) is -3.55. The van der Waals surface area contributed by atoms with Gasteiger partial charge in [-0.25, -0.2) is 8.42 Å². The Hall–Kier alpha value is -2.95. The van der Waals surface area contributed by atoms with E-state index in [4.69, 9.17) is 19.9 Å². The molecule has 0 fully saturated rings. The standard InChI is InChI=1S/C22H26F3NO6S/c1-30-18-12-17(21(26)27)16(19(31-2)20(18)32-3)11-14(8-9-33(4,28)29)13-6-5-7-15(10-13)22(23,24)25/h5-7,10,12,14H,8-9,11H2,1-4H3,(H2,26,27). The molecule has 1 amide bonds. The number of methoxy groups -OCH3 is 3. The molecule has 11 heteroatoms. The summed E-state index contributed by atoms with van der Waals surface area (Å²) < 4.78 is 79.6. The number of hydrogen-bond acceptors (Lipinski definition) is 6. The average molecular weight is 490 g/mol. The van der Waals surface area contributed by atoms with Gasteiger partial charge < -0.3 is 19.9 Å². The van der Waals surface area contributed by atoms with Gasteiger partial charge in [0.25, 0.3) is 0 Å². The molecular weight excluding hydrogens is 463 g/mol. The van der Waals surface area contributed by atoms with E-state index in [0.717, 1.165) is 18.4 Å². The van der Waals surface area contributed by atoms with Gasteiger partial charge in [0.1, 0.15) is 9.84 Å². The summed E-state index contributed by atoms with van der Waals surface area (Å²) in [7, 11) is 0.645. The van der Waals surface area contributed by atoms with Gasteiger partial charge in [0.15, 0.2) is 11.5 Å². The first-order valence-corrected chi connectivity index (χ1v) is 11.8. The van der Waals surface area contributed by atoms with Crippen LogP contribution in [0.4, 0.5) is 13.2 Å². The molecule has 1 unspecified atom stereocenters. The van der Waals surface area contributed by atoms with E-state index in [-0.39, 0.29) is 52.5 Å². The zero-order valence-corrected chi connectivity index (χ0v) is 19.5. The lowest BCUT2D eigenvalue weighted by Gasteiger charge is -2.23. The first-order chi connectivity index (χ1) is 15.3. The van der Waals surface area contributed by atoms with Crippen LogP contribution in [0.15, 0.2) is 30.3 Å². The van der Waals surface area contributed by atoms with Gasteiger partial charge in [-0.1, -0.05) is 18.2 Å². The van der Waals surface area contributed by atoms with Gasteiger partial charge in [0, 0.05) is 17.4 Å². The second-order valence-corrected chi connectivity index (χ2v) is 9.74. The number of primary amides is 1. The molecule has 33 heavy (non-hydrogen) atoms. The van der Waals surface area contributed by atoms with Gasteiger partial charge >= 0.3 is 6.18 Å². The molecule has 0 spiro atoms. The van der Waals surface area contributed by atoms with E-state index in [1.165, 1.54) is 39.5 Å². The van der Waals surface area contributed by atoms with E-state index < -0.39 is 33.4 Å². The van der Waals surface area contributed by atoms with Crippen LogP contribution in [0.3, 0.4) is 0 Å². The summed E-state index contributed by atoms with van der Waals surface area (Å²) in [6.45, 7) is 0. The van der Waals surface area contributed by atoms with Gasteiger partial charge in [-0.2, -0.15) is 13.2 Å². The third-order valence-electron chi connectivity index (χ3n) is 5.17. The normalized spacial score (nSPS) is 12.8. The van der Waals surface area contributed by atoms with Gasteiger partial charge in [-0.05, 0) is 36.5 Å². The van der Waals surface area contributed by atoms with Crippen LogP contribution in [0.5, 0.6) is 17.2 Å². The van der Waals surface area contributed by atoms with E-state index in [9.17, 15) is 26.4 Å². The molecule has 0 heterocycles. The summed E-state index contributed by atoms with van der Waals surface area (Å²) in [5, 5.41) is 0. The number of alkyl halides is 3. The Kier molecular flexibility index (Phi) is 8.23. The zero-order chi connectivity index (χ0) is 25.0. The van der Waals surface area contributed by atoms with Crippen molar-refractivity contribution >= 4 is 15.7 Å². The minimum Gasteiger partial charge on any atom is -0.493 e. The van der Waals surface area contributed by atoms with E-state index in [2.05, 4.69) is 0 Å². The van der Waals surface area contributed by atoms with E-state index >= 15 is 0 Å². The topological polar surface area (TPSA) is 105 Å². The molecule has 182 valence electrons. The fourth-order valence-electron chi connectivity index (χ4n) is 3.60. The molecule has 0 aliphatic carbocycles. The van der Waals surface area contributed by atoms with Crippen LogP contribution < -0.4 is 19.9 Å². The van der Waals surface area contributed by atoms with Crippen molar-refractivity contribution in [2.45, 2.75) is 24.9 Å². The van der Waals surface area contributed by atoms with Crippen LogP contribution >= 0.6 is 0 Å². The average Bonchev–Trinajstić information content (AvgIpc) is 2.74. The first kappa shape index (κ1) is 26.3. The molecule has 0 saturated carbocycles. The van der Waals surface area contributed by atoms with Crippen LogP contribution in [-0.2, 0) is 22.4 Å². The fraction of sp³-hybridized carbons (Fsp3) is 0.409. The molecule has 0 saturated heterocycles. The lowest BCUT2D eigenvalue weighted by atomic mass is 9.86. The number of nitrogens with two attached hydrogens (primary N) is 1. The third kappa shape index (κ3) is 6.53. The van der Waals surface area contributed by atoms with Crippen molar-refractivity contribution in [3.63, 3.8) is 0 Å². The minimum atomic E-state index is -4.57. The molecular formula is C22H26F3NO6S. The highest BCUT2D eigenvalue weighted by Gasteiger charge is 2.32. The predicted molar refractivity (Wildman–Crippen MR) is 117 cm³/mol. The molecule has 0 aliphatic rings. The Bertz CT molecular complexity index is 1120. The number of amides is 1. The number of rotatable bonds is 10. The number of sulfone groups is 1. The number of carbonyl (C=O) groups is 1. The quantitative estimate of drug-likeness (QED) is 0.547.